The fourth-order valence-electron chi connectivity index (χ4n) is 2.19. The molecule has 1 aromatic carbocycles. The van der Waals surface area contributed by atoms with E-state index in [0.717, 1.165) is 25.2 Å². The van der Waals surface area contributed by atoms with Gasteiger partial charge in [-0.25, -0.2) is 0 Å². The van der Waals surface area contributed by atoms with Gasteiger partial charge in [0.25, 0.3) is 0 Å². The molecule has 2 N–H and O–H groups in total. The van der Waals surface area contributed by atoms with E-state index in [1.807, 2.05) is 35.7 Å². The van der Waals surface area contributed by atoms with Crippen molar-refractivity contribution >= 4 is 11.3 Å². The van der Waals surface area contributed by atoms with Crippen LogP contribution in [0.3, 0.4) is 0 Å². The van der Waals surface area contributed by atoms with E-state index in [1.54, 1.807) is 0 Å². The lowest BCUT2D eigenvalue weighted by Gasteiger charge is -2.05. The van der Waals surface area contributed by atoms with Gasteiger partial charge in [-0.1, -0.05) is 36.4 Å². The lowest BCUT2D eigenvalue weighted by Crippen LogP contribution is -2.16. The van der Waals surface area contributed by atoms with E-state index in [-0.39, 0.29) is 0 Å². The molecule has 3 aromatic rings. The van der Waals surface area contributed by atoms with Crippen molar-refractivity contribution in [3.05, 3.63) is 64.5 Å². The van der Waals surface area contributed by atoms with Crippen LogP contribution >= 0.6 is 11.3 Å². The van der Waals surface area contributed by atoms with Crippen molar-refractivity contribution in [2.75, 3.05) is 6.54 Å². The summed E-state index contributed by atoms with van der Waals surface area (Å²) in [5, 5.41) is 12.9. The van der Waals surface area contributed by atoms with Crippen LogP contribution < -0.4 is 5.32 Å². The van der Waals surface area contributed by atoms with E-state index < -0.39 is 0 Å². The van der Waals surface area contributed by atoms with Gasteiger partial charge in [-0.05, 0) is 23.4 Å². The highest BCUT2D eigenvalue weighted by molar-refractivity contribution is 7.09. The number of aromatic nitrogens is 2. The van der Waals surface area contributed by atoms with Gasteiger partial charge in [0.15, 0.2) is 0 Å². The van der Waals surface area contributed by atoms with Gasteiger partial charge in [0, 0.05) is 23.5 Å². The molecule has 3 nitrogen and oxygen atoms in total. The van der Waals surface area contributed by atoms with Crippen molar-refractivity contribution in [3.8, 4) is 11.3 Å². The van der Waals surface area contributed by atoms with Crippen LogP contribution in [0.2, 0.25) is 0 Å². The van der Waals surface area contributed by atoms with E-state index in [0.29, 0.717) is 0 Å². The predicted octanol–water partition coefficient (Wildman–Crippen LogP) is 3.47. The first-order valence-corrected chi connectivity index (χ1v) is 7.62. The summed E-state index contributed by atoms with van der Waals surface area (Å²) < 4.78 is 0. The van der Waals surface area contributed by atoms with Crippen LogP contribution in [0.25, 0.3) is 11.3 Å². The smallest absolute Gasteiger partial charge is 0.0695 e. The number of H-pyrrole nitrogens is 1. The van der Waals surface area contributed by atoms with E-state index in [9.17, 15) is 0 Å². The van der Waals surface area contributed by atoms with Crippen molar-refractivity contribution in [2.45, 2.75) is 13.0 Å². The Hall–Kier alpha value is -1.91. The topological polar surface area (TPSA) is 40.7 Å². The molecule has 0 spiro atoms. The van der Waals surface area contributed by atoms with Gasteiger partial charge in [0.1, 0.15) is 0 Å². The normalized spacial score (nSPS) is 10.8. The molecule has 102 valence electrons. The summed E-state index contributed by atoms with van der Waals surface area (Å²) in [6.07, 6.45) is 2.98. The highest BCUT2D eigenvalue weighted by Crippen LogP contribution is 2.20. The van der Waals surface area contributed by atoms with E-state index >= 15 is 0 Å². The van der Waals surface area contributed by atoms with E-state index in [2.05, 4.69) is 45.2 Å². The van der Waals surface area contributed by atoms with Crippen molar-refractivity contribution in [2.24, 2.45) is 0 Å². The number of hydrogen-bond donors (Lipinski definition) is 2. The second-order valence-electron chi connectivity index (χ2n) is 4.64. The summed E-state index contributed by atoms with van der Waals surface area (Å²) in [6, 6.07) is 14.6. The standard InChI is InChI=1S/C16H17N3S/c1-2-5-13(6-3-1)16-14(12-18-19-16)11-17-9-8-15-7-4-10-20-15/h1-7,10,12,17H,8-9,11H2,(H,18,19). The third kappa shape index (κ3) is 3.15. The van der Waals surface area contributed by atoms with Crippen molar-refractivity contribution < 1.29 is 0 Å². The summed E-state index contributed by atoms with van der Waals surface area (Å²) in [7, 11) is 0. The molecule has 0 saturated carbocycles. The van der Waals surface area contributed by atoms with Crippen LogP contribution in [0.15, 0.2) is 54.0 Å². The molecule has 2 aromatic heterocycles. The molecule has 0 atom stereocenters. The zero-order chi connectivity index (χ0) is 13.6. The lowest BCUT2D eigenvalue weighted by molar-refractivity contribution is 0.692. The minimum absolute atomic E-state index is 0.839. The number of benzene rings is 1. The van der Waals surface area contributed by atoms with Crippen molar-refractivity contribution in [3.63, 3.8) is 0 Å². The molecule has 0 aliphatic carbocycles. The Labute approximate surface area is 122 Å². The SMILES string of the molecule is c1ccc(-c2[nH]ncc2CNCCc2cccs2)cc1. The van der Waals surface area contributed by atoms with Gasteiger partial charge < -0.3 is 5.32 Å². The molecule has 3 rings (SSSR count). The molecule has 0 aliphatic heterocycles. The Morgan fingerprint density at radius 3 is 2.80 bits per heavy atom. The fourth-order valence-corrected chi connectivity index (χ4v) is 2.90. The molecule has 0 bridgehead atoms. The Morgan fingerprint density at radius 1 is 1.10 bits per heavy atom. The zero-order valence-corrected chi connectivity index (χ0v) is 12.0. The van der Waals surface area contributed by atoms with Crippen LogP contribution in [0.5, 0.6) is 0 Å². The maximum Gasteiger partial charge on any atom is 0.0695 e. The molecule has 0 fully saturated rings. The molecule has 0 unspecified atom stereocenters. The molecule has 0 saturated heterocycles. The first kappa shape index (κ1) is 13.1. The van der Waals surface area contributed by atoms with Gasteiger partial charge >= 0.3 is 0 Å². The Bertz CT molecular complexity index is 629. The van der Waals surface area contributed by atoms with Crippen molar-refractivity contribution in [1.29, 1.82) is 0 Å². The third-order valence-corrected chi connectivity index (χ3v) is 4.16. The van der Waals surface area contributed by atoms with Crippen molar-refractivity contribution in [1.82, 2.24) is 15.5 Å². The molecule has 2 heterocycles. The molecular formula is C16H17N3S. The third-order valence-electron chi connectivity index (χ3n) is 3.22. The second kappa shape index (κ2) is 6.50. The number of aromatic amines is 1. The number of rotatable bonds is 6. The van der Waals surface area contributed by atoms with Gasteiger partial charge in [-0.2, -0.15) is 5.10 Å². The summed E-state index contributed by atoms with van der Waals surface area (Å²) in [5.41, 5.74) is 3.50. The number of nitrogens with zero attached hydrogens (tertiary/aromatic N) is 1. The van der Waals surface area contributed by atoms with E-state index in [4.69, 9.17) is 0 Å². The first-order chi connectivity index (χ1) is 9.93. The molecular weight excluding hydrogens is 266 g/mol. The van der Waals surface area contributed by atoms with Crippen LogP contribution in [-0.2, 0) is 13.0 Å². The summed E-state index contributed by atoms with van der Waals surface area (Å²) in [4.78, 5) is 1.42. The maximum absolute atomic E-state index is 4.16. The summed E-state index contributed by atoms with van der Waals surface area (Å²) in [5.74, 6) is 0. The minimum atomic E-state index is 0.839. The maximum atomic E-state index is 4.16. The monoisotopic (exact) mass is 283 g/mol. The Kier molecular flexibility index (Phi) is 4.25. The average Bonchev–Trinajstić information content (AvgIpc) is 3.16. The zero-order valence-electron chi connectivity index (χ0n) is 11.2. The molecule has 0 aliphatic rings. The van der Waals surface area contributed by atoms with E-state index in [1.165, 1.54) is 16.0 Å². The Balaban J connectivity index is 1.57. The predicted molar refractivity (Wildman–Crippen MR) is 83.8 cm³/mol. The quantitative estimate of drug-likeness (QED) is 0.680. The van der Waals surface area contributed by atoms with Crippen LogP contribution in [0.4, 0.5) is 0 Å². The number of thiophene rings is 1. The molecule has 4 heteroatoms. The van der Waals surface area contributed by atoms with Gasteiger partial charge in [-0.15, -0.1) is 11.3 Å². The Morgan fingerprint density at radius 2 is 2.00 bits per heavy atom. The molecule has 0 amide bonds. The highest BCUT2D eigenvalue weighted by Gasteiger charge is 2.06. The lowest BCUT2D eigenvalue weighted by atomic mass is 10.1. The first-order valence-electron chi connectivity index (χ1n) is 6.74. The number of nitrogens with one attached hydrogen (secondary N) is 2. The summed E-state index contributed by atoms with van der Waals surface area (Å²) >= 11 is 1.81. The van der Waals surface area contributed by atoms with Gasteiger partial charge in [0.2, 0.25) is 0 Å². The fraction of sp³-hybridized carbons (Fsp3) is 0.188. The van der Waals surface area contributed by atoms with Gasteiger partial charge in [-0.3, -0.25) is 5.10 Å². The van der Waals surface area contributed by atoms with Crippen LogP contribution in [0, 0.1) is 0 Å². The van der Waals surface area contributed by atoms with Crippen LogP contribution in [-0.4, -0.2) is 16.7 Å². The van der Waals surface area contributed by atoms with Gasteiger partial charge in [0.05, 0.1) is 11.9 Å². The minimum Gasteiger partial charge on any atom is -0.312 e. The largest absolute Gasteiger partial charge is 0.312 e. The summed E-state index contributed by atoms with van der Waals surface area (Å²) in [6.45, 7) is 1.83. The highest BCUT2D eigenvalue weighted by atomic mass is 32.1. The van der Waals surface area contributed by atoms with Crippen LogP contribution in [0.1, 0.15) is 10.4 Å². The number of hydrogen-bond acceptors (Lipinski definition) is 3. The second-order valence-corrected chi connectivity index (χ2v) is 5.67. The molecule has 20 heavy (non-hydrogen) atoms. The molecule has 0 radical (unpaired) electrons. The average molecular weight is 283 g/mol.